The third kappa shape index (κ3) is 3.84. The number of benzene rings is 2. The van der Waals surface area contributed by atoms with E-state index in [1.165, 1.54) is 29.5 Å². The lowest BCUT2D eigenvalue weighted by Gasteiger charge is -2.28. The van der Waals surface area contributed by atoms with Crippen molar-refractivity contribution < 1.29 is 13.2 Å². The van der Waals surface area contributed by atoms with Crippen LogP contribution in [0.3, 0.4) is 0 Å². The summed E-state index contributed by atoms with van der Waals surface area (Å²) in [5, 5.41) is 11.0. The molecule has 0 spiro atoms. The van der Waals surface area contributed by atoms with Crippen molar-refractivity contribution in [1.82, 2.24) is 15.2 Å². The Morgan fingerprint density at radius 3 is 2.44 bits per heavy atom. The van der Waals surface area contributed by atoms with Crippen molar-refractivity contribution in [1.29, 1.82) is 0 Å². The largest absolute Gasteiger partial charge is 0.416 e. The molecule has 1 N–H and O–H groups in total. The summed E-state index contributed by atoms with van der Waals surface area (Å²) < 4.78 is 38.0. The van der Waals surface area contributed by atoms with Crippen LogP contribution >= 0.6 is 0 Å². The van der Waals surface area contributed by atoms with Gasteiger partial charge >= 0.3 is 6.18 Å². The molecule has 0 amide bonds. The van der Waals surface area contributed by atoms with Crippen LogP contribution in [0.2, 0.25) is 0 Å². The van der Waals surface area contributed by atoms with Gasteiger partial charge in [-0.15, -0.1) is 5.10 Å². The van der Waals surface area contributed by atoms with Crippen LogP contribution in [-0.2, 0) is 19.1 Å². The lowest BCUT2D eigenvalue weighted by atomic mass is 10.0. The highest BCUT2D eigenvalue weighted by Gasteiger charge is 2.30. The molecule has 0 bridgehead atoms. The SMILES string of the molecule is FC(F)(F)c1ccc(Nc2cnnc(N3CCc4ccccc4C3)n2)cc1. The van der Waals surface area contributed by atoms with Crippen molar-refractivity contribution in [2.45, 2.75) is 19.1 Å². The first-order valence-corrected chi connectivity index (χ1v) is 8.45. The van der Waals surface area contributed by atoms with E-state index in [2.05, 4.69) is 32.6 Å². The number of hydrogen-bond donors (Lipinski definition) is 1. The van der Waals surface area contributed by atoms with Crippen molar-refractivity contribution in [3.05, 3.63) is 71.4 Å². The van der Waals surface area contributed by atoms with E-state index in [0.717, 1.165) is 25.1 Å². The molecule has 0 aliphatic carbocycles. The van der Waals surface area contributed by atoms with E-state index in [1.807, 2.05) is 17.0 Å². The van der Waals surface area contributed by atoms with Crippen LogP contribution in [0.15, 0.2) is 54.7 Å². The van der Waals surface area contributed by atoms with Crippen molar-refractivity contribution in [2.24, 2.45) is 0 Å². The molecule has 1 aromatic heterocycles. The summed E-state index contributed by atoms with van der Waals surface area (Å²) in [5.74, 6) is 0.917. The lowest BCUT2D eigenvalue weighted by molar-refractivity contribution is -0.137. The Morgan fingerprint density at radius 1 is 0.963 bits per heavy atom. The molecule has 8 heteroatoms. The van der Waals surface area contributed by atoms with Crippen LogP contribution in [0.1, 0.15) is 16.7 Å². The van der Waals surface area contributed by atoms with Crippen LogP contribution in [-0.4, -0.2) is 21.7 Å². The minimum atomic E-state index is -4.35. The van der Waals surface area contributed by atoms with E-state index >= 15 is 0 Å². The van der Waals surface area contributed by atoms with E-state index in [4.69, 9.17) is 0 Å². The fraction of sp³-hybridized carbons (Fsp3) is 0.211. The zero-order valence-corrected chi connectivity index (χ0v) is 14.2. The molecule has 0 radical (unpaired) electrons. The number of anilines is 3. The second kappa shape index (κ2) is 6.86. The van der Waals surface area contributed by atoms with Gasteiger partial charge in [-0.3, -0.25) is 0 Å². The summed E-state index contributed by atoms with van der Waals surface area (Å²) in [6.45, 7) is 1.48. The van der Waals surface area contributed by atoms with Gasteiger partial charge in [-0.1, -0.05) is 24.3 Å². The van der Waals surface area contributed by atoms with E-state index in [0.29, 0.717) is 24.0 Å². The van der Waals surface area contributed by atoms with Crippen LogP contribution < -0.4 is 10.2 Å². The minimum absolute atomic E-state index is 0.429. The standard InChI is InChI=1S/C19H16F3N5/c20-19(21,22)15-5-7-16(8-6-15)24-17-11-23-26-18(25-17)27-10-9-13-3-1-2-4-14(13)12-27/h1-8,11H,9-10,12H2,(H,24,25,26). The predicted octanol–water partition coefficient (Wildman–Crippen LogP) is 4.20. The zero-order chi connectivity index (χ0) is 18.9. The van der Waals surface area contributed by atoms with Gasteiger partial charge in [-0.2, -0.15) is 23.3 Å². The highest BCUT2D eigenvalue weighted by atomic mass is 19.4. The van der Waals surface area contributed by atoms with Crippen molar-refractivity contribution in [3.8, 4) is 0 Å². The number of rotatable bonds is 3. The first-order valence-electron chi connectivity index (χ1n) is 8.45. The molecule has 5 nitrogen and oxygen atoms in total. The average molecular weight is 371 g/mol. The molecule has 0 saturated carbocycles. The van der Waals surface area contributed by atoms with Crippen molar-refractivity contribution >= 4 is 17.5 Å². The first kappa shape index (κ1) is 17.3. The molecule has 2 heterocycles. The van der Waals surface area contributed by atoms with Gasteiger partial charge in [0.15, 0.2) is 5.82 Å². The van der Waals surface area contributed by atoms with E-state index < -0.39 is 11.7 Å². The van der Waals surface area contributed by atoms with Gasteiger partial charge in [0, 0.05) is 18.8 Å². The summed E-state index contributed by atoms with van der Waals surface area (Å²) in [6.07, 6.45) is -2.01. The van der Waals surface area contributed by atoms with E-state index in [9.17, 15) is 13.2 Å². The highest BCUT2D eigenvalue weighted by Crippen LogP contribution is 2.30. The van der Waals surface area contributed by atoms with Gasteiger partial charge in [0.2, 0.25) is 5.95 Å². The van der Waals surface area contributed by atoms with Crippen molar-refractivity contribution in [2.75, 3.05) is 16.8 Å². The van der Waals surface area contributed by atoms with Crippen LogP contribution in [0.25, 0.3) is 0 Å². The van der Waals surface area contributed by atoms with Gasteiger partial charge in [-0.25, -0.2) is 0 Å². The second-order valence-electron chi connectivity index (χ2n) is 6.28. The maximum Gasteiger partial charge on any atom is 0.416 e. The van der Waals surface area contributed by atoms with Gasteiger partial charge in [0.05, 0.1) is 11.8 Å². The maximum atomic E-state index is 12.7. The lowest BCUT2D eigenvalue weighted by Crippen LogP contribution is -2.32. The second-order valence-corrected chi connectivity index (χ2v) is 6.28. The first-order chi connectivity index (χ1) is 13.0. The number of nitrogens with zero attached hydrogens (tertiary/aromatic N) is 4. The molecule has 0 saturated heterocycles. The molecule has 138 valence electrons. The third-order valence-electron chi connectivity index (χ3n) is 4.45. The Hall–Kier alpha value is -3.16. The Bertz CT molecular complexity index is 941. The summed E-state index contributed by atoms with van der Waals surface area (Å²) in [6, 6.07) is 13.0. The quantitative estimate of drug-likeness (QED) is 0.748. The van der Waals surface area contributed by atoms with Crippen molar-refractivity contribution in [3.63, 3.8) is 0 Å². The van der Waals surface area contributed by atoms with Crippen LogP contribution in [0.4, 0.5) is 30.6 Å². The fourth-order valence-electron chi connectivity index (χ4n) is 3.05. The molecule has 4 rings (SSSR count). The van der Waals surface area contributed by atoms with Crippen LogP contribution in [0, 0.1) is 0 Å². The average Bonchev–Trinajstić information content (AvgIpc) is 2.67. The third-order valence-corrected chi connectivity index (χ3v) is 4.45. The van der Waals surface area contributed by atoms with Gasteiger partial charge in [0.1, 0.15) is 0 Å². The molecule has 2 aromatic carbocycles. The molecule has 0 unspecified atom stereocenters. The number of hydrogen-bond acceptors (Lipinski definition) is 5. The zero-order valence-electron chi connectivity index (χ0n) is 14.2. The number of nitrogens with one attached hydrogen (secondary N) is 1. The number of aromatic nitrogens is 3. The van der Waals surface area contributed by atoms with E-state index in [-0.39, 0.29) is 0 Å². The maximum absolute atomic E-state index is 12.7. The molecule has 0 atom stereocenters. The minimum Gasteiger partial charge on any atom is -0.339 e. The molecular weight excluding hydrogens is 355 g/mol. The Labute approximate surface area is 153 Å². The van der Waals surface area contributed by atoms with E-state index in [1.54, 1.807) is 0 Å². The fourth-order valence-corrected chi connectivity index (χ4v) is 3.05. The van der Waals surface area contributed by atoms with Gasteiger partial charge in [-0.05, 0) is 41.8 Å². The Morgan fingerprint density at radius 2 is 1.70 bits per heavy atom. The monoisotopic (exact) mass is 371 g/mol. The molecule has 0 fully saturated rings. The number of fused-ring (bicyclic) bond motifs is 1. The molecule has 1 aliphatic rings. The highest BCUT2D eigenvalue weighted by molar-refractivity contribution is 5.57. The smallest absolute Gasteiger partial charge is 0.339 e. The summed E-state index contributed by atoms with van der Waals surface area (Å²) in [7, 11) is 0. The normalized spacial score (nSPS) is 14.0. The Kier molecular flexibility index (Phi) is 4.39. The summed E-state index contributed by atoms with van der Waals surface area (Å²) in [5.41, 5.74) is 2.36. The molecule has 1 aliphatic heterocycles. The number of halogens is 3. The summed E-state index contributed by atoms with van der Waals surface area (Å²) >= 11 is 0. The van der Waals surface area contributed by atoms with Gasteiger partial charge < -0.3 is 10.2 Å². The molecule has 27 heavy (non-hydrogen) atoms. The predicted molar refractivity (Wildman–Crippen MR) is 95.7 cm³/mol. The molecular formula is C19H16F3N5. The topological polar surface area (TPSA) is 53.9 Å². The summed E-state index contributed by atoms with van der Waals surface area (Å²) in [4.78, 5) is 6.49. The van der Waals surface area contributed by atoms with Crippen LogP contribution in [0.5, 0.6) is 0 Å². The Balaban J connectivity index is 1.50. The molecule has 3 aromatic rings. The number of alkyl halides is 3. The van der Waals surface area contributed by atoms with Gasteiger partial charge in [0.25, 0.3) is 0 Å².